The topological polar surface area (TPSA) is 73.6 Å². The maximum absolute atomic E-state index is 9.77. The summed E-state index contributed by atoms with van der Waals surface area (Å²) in [6, 6.07) is 5.09. The molecule has 0 aliphatic rings. The summed E-state index contributed by atoms with van der Waals surface area (Å²) < 4.78 is 0. The standard InChI is InChI=1S/C11H11NO3/c13-5-7-4-8(6-14)11(15)10-9(7)2-1-3-12-10/h1-4,13-15H,5-6H2. The molecule has 0 aliphatic heterocycles. The number of aliphatic hydroxyl groups is 2. The van der Waals surface area contributed by atoms with Gasteiger partial charge in [0.25, 0.3) is 0 Å². The van der Waals surface area contributed by atoms with E-state index in [1.165, 1.54) is 0 Å². The van der Waals surface area contributed by atoms with Gasteiger partial charge in [-0.3, -0.25) is 4.98 Å². The van der Waals surface area contributed by atoms with Gasteiger partial charge in [0.05, 0.1) is 13.2 Å². The second-order valence-corrected chi connectivity index (χ2v) is 3.26. The van der Waals surface area contributed by atoms with Gasteiger partial charge in [-0.05, 0) is 17.7 Å². The van der Waals surface area contributed by atoms with Crippen LogP contribution in [0.4, 0.5) is 0 Å². The van der Waals surface area contributed by atoms with Crippen molar-refractivity contribution in [3.8, 4) is 5.75 Å². The highest BCUT2D eigenvalue weighted by Crippen LogP contribution is 2.29. The van der Waals surface area contributed by atoms with Crippen molar-refractivity contribution in [3.05, 3.63) is 35.5 Å². The molecule has 0 saturated heterocycles. The molecule has 0 bridgehead atoms. The van der Waals surface area contributed by atoms with Crippen LogP contribution in [0.2, 0.25) is 0 Å². The van der Waals surface area contributed by atoms with Crippen LogP contribution in [0, 0.1) is 0 Å². The van der Waals surface area contributed by atoms with Crippen LogP contribution in [0.3, 0.4) is 0 Å². The smallest absolute Gasteiger partial charge is 0.147 e. The number of pyridine rings is 1. The van der Waals surface area contributed by atoms with Crippen LogP contribution >= 0.6 is 0 Å². The van der Waals surface area contributed by atoms with Crippen molar-refractivity contribution in [2.24, 2.45) is 0 Å². The van der Waals surface area contributed by atoms with Crippen molar-refractivity contribution in [2.75, 3.05) is 0 Å². The Hall–Kier alpha value is -1.65. The van der Waals surface area contributed by atoms with Gasteiger partial charge >= 0.3 is 0 Å². The monoisotopic (exact) mass is 205 g/mol. The summed E-state index contributed by atoms with van der Waals surface area (Å²) in [4.78, 5) is 4.03. The predicted molar refractivity (Wildman–Crippen MR) is 55.3 cm³/mol. The quantitative estimate of drug-likeness (QED) is 0.681. The molecular formula is C11H11NO3. The van der Waals surface area contributed by atoms with Gasteiger partial charge < -0.3 is 15.3 Å². The molecule has 15 heavy (non-hydrogen) atoms. The van der Waals surface area contributed by atoms with E-state index in [2.05, 4.69) is 4.98 Å². The minimum Gasteiger partial charge on any atom is -0.505 e. The van der Waals surface area contributed by atoms with Crippen LogP contribution in [0.1, 0.15) is 11.1 Å². The minimum absolute atomic E-state index is 0.0229. The van der Waals surface area contributed by atoms with E-state index < -0.39 is 0 Å². The van der Waals surface area contributed by atoms with Gasteiger partial charge in [-0.2, -0.15) is 0 Å². The molecule has 0 amide bonds. The van der Waals surface area contributed by atoms with Gasteiger partial charge in [0.2, 0.25) is 0 Å². The van der Waals surface area contributed by atoms with E-state index in [-0.39, 0.29) is 19.0 Å². The van der Waals surface area contributed by atoms with Gasteiger partial charge in [0.1, 0.15) is 11.3 Å². The highest BCUT2D eigenvalue weighted by atomic mass is 16.3. The van der Waals surface area contributed by atoms with E-state index >= 15 is 0 Å². The lowest BCUT2D eigenvalue weighted by Crippen LogP contribution is -1.94. The third-order valence-corrected chi connectivity index (χ3v) is 2.37. The fourth-order valence-corrected chi connectivity index (χ4v) is 1.61. The van der Waals surface area contributed by atoms with Gasteiger partial charge in [0, 0.05) is 17.1 Å². The number of aliphatic hydroxyl groups excluding tert-OH is 2. The Bertz CT molecular complexity index is 496. The number of fused-ring (bicyclic) bond motifs is 1. The first-order valence-corrected chi connectivity index (χ1v) is 4.58. The lowest BCUT2D eigenvalue weighted by Gasteiger charge is -2.08. The molecule has 1 heterocycles. The fourth-order valence-electron chi connectivity index (χ4n) is 1.61. The maximum atomic E-state index is 9.77. The lowest BCUT2D eigenvalue weighted by molar-refractivity contribution is 0.272. The first kappa shape index (κ1) is 9.89. The summed E-state index contributed by atoms with van der Waals surface area (Å²) in [5.74, 6) is -0.0229. The second kappa shape index (κ2) is 3.84. The van der Waals surface area contributed by atoms with E-state index in [0.29, 0.717) is 22.0 Å². The Morgan fingerprint density at radius 3 is 2.53 bits per heavy atom. The molecule has 4 heteroatoms. The number of aromatic hydroxyl groups is 1. The van der Waals surface area contributed by atoms with Gasteiger partial charge in [-0.1, -0.05) is 6.07 Å². The zero-order chi connectivity index (χ0) is 10.8. The van der Waals surface area contributed by atoms with E-state index in [1.54, 1.807) is 24.4 Å². The third-order valence-electron chi connectivity index (χ3n) is 2.37. The number of rotatable bonds is 2. The lowest BCUT2D eigenvalue weighted by atomic mass is 10.0. The third kappa shape index (κ3) is 1.54. The Labute approximate surface area is 86.4 Å². The molecule has 4 nitrogen and oxygen atoms in total. The van der Waals surface area contributed by atoms with Crippen LogP contribution in [-0.2, 0) is 13.2 Å². The Balaban J connectivity index is 2.84. The van der Waals surface area contributed by atoms with Crippen LogP contribution in [0.15, 0.2) is 24.4 Å². The van der Waals surface area contributed by atoms with Crippen molar-refractivity contribution in [2.45, 2.75) is 13.2 Å². The summed E-state index contributed by atoms with van der Waals surface area (Å²) in [6.45, 7) is -0.416. The number of nitrogens with zero attached hydrogens (tertiary/aromatic N) is 1. The molecule has 0 aliphatic carbocycles. The highest BCUT2D eigenvalue weighted by Gasteiger charge is 2.10. The molecule has 0 atom stereocenters. The average molecular weight is 205 g/mol. The van der Waals surface area contributed by atoms with Crippen molar-refractivity contribution in [3.63, 3.8) is 0 Å². The Morgan fingerprint density at radius 2 is 1.87 bits per heavy atom. The zero-order valence-electron chi connectivity index (χ0n) is 8.01. The molecular weight excluding hydrogens is 194 g/mol. The zero-order valence-corrected chi connectivity index (χ0v) is 8.01. The molecule has 1 aromatic carbocycles. The SMILES string of the molecule is OCc1cc(CO)c2cccnc2c1O. The molecule has 0 saturated carbocycles. The maximum Gasteiger partial charge on any atom is 0.147 e. The van der Waals surface area contributed by atoms with Crippen molar-refractivity contribution < 1.29 is 15.3 Å². The number of hydrogen-bond donors (Lipinski definition) is 3. The molecule has 0 unspecified atom stereocenters. The average Bonchev–Trinajstić information content (AvgIpc) is 2.30. The second-order valence-electron chi connectivity index (χ2n) is 3.26. The molecule has 1 aromatic heterocycles. The molecule has 78 valence electrons. The van der Waals surface area contributed by atoms with Crippen molar-refractivity contribution >= 4 is 10.9 Å². The number of benzene rings is 1. The van der Waals surface area contributed by atoms with Crippen LogP contribution in [0.25, 0.3) is 10.9 Å². The van der Waals surface area contributed by atoms with Crippen molar-refractivity contribution in [1.82, 2.24) is 4.98 Å². The summed E-state index contributed by atoms with van der Waals surface area (Å²) in [7, 11) is 0. The minimum atomic E-state index is -0.272. The van der Waals surface area contributed by atoms with Crippen LogP contribution in [-0.4, -0.2) is 20.3 Å². The van der Waals surface area contributed by atoms with E-state index in [9.17, 15) is 5.11 Å². The van der Waals surface area contributed by atoms with E-state index in [0.717, 1.165) is 0 Å². The Kier molecular flexibility index (Phi) is 2.53. The molecule has 3 N–H and O–H groups in total. The molecule has 0 radical (unpaired) electrons. The normalized spacial score (nSPS) is 10.8. The first-order chi connectivity index (χ1) is 7.27. The summed E-state index contributed by atoms with van der Waals surface area (Å²) >= 11 is 0. The summed E-state index contributed by atoms with van der Waals surface area (Å²) in [5, 5.41) is 28.7. The van der Waals surface area contributed by atoms with E-state index in [1.807, 2.05) is 0 Å². The molecule has 0 spiro atoms. The molecule has 2 aromatic rings. The van der Waals surface area contributed by atoms with Gasteiger partial charge in [-0.25, -0.2) is 0 Å². The highest BCUT2D eigenvalue weighted by molar-refractivity contribution is 5.88. The molecule has 2 rings (SSSR count). The number of hydrogen-bond acceptors (Lipinski definition) is 4. The van der Waals surface area contributed by atoms with Gasteiger partial charge in [-0.15, -0.1) is 0 Å². The first-order valence-electron chi connectivity index (χ1n) is 4.58. The summed E-state index contributed by atoms with van der Waals surface area (Å²) in [5.41, 5.74) is 1.44. The van der Waals surface area contributed by atoms with E-state index in [4.69, 9.17) is 10.2 Å². The largest absolute Gasteiger partial charge is 0.505 e. The van der Waals surface area contributed by atoms with Crippen molar-refractivity contribution in [1.29, 1.82) is 0 Å². The van der Waals surface area contributed by atoms with Crippen LogP contribution in [0.5, 0.6) is 5.75 Å². The van der Waals surface area contributed by atoms with Gasteiger partial charge in [0.15, 0.2) is 0 Å². The predicted octanol–water partition coefficient (Wildman–Crippen LogP) is 0.925. The molecule has 0 fully saturated rings. The number of aromatic nitrogens is 1. The summed E-state index contributed by atoms with van der Waals surface area (Å²) in [6.07, 6.45) is 1.56. The Morgan fingerprint density at radius 1 is 1.13 bits per heavy atom. The van der Waals surface area contributed by atoms with Crippen LogP contribution < -0.4 is 0 Å². The fraction of sp³-hybridized carbons (Fsp3) is 0.182. The number of phenols is 1.